The van der Waals surface area contributed by atoms with Crippen LogP contribution in [0.25, 0.3) is 5.69 Å². The zero-order chi connectivity index (χ0) is 14.0. The van der Waals surface area contributed by atoms with Gasteiger partial charge in [0.15, 0.2) is 0 Å². The Balaban J connectivity index is 2.40. The van der Waals surface area contributed by atoms with Gasteiger partial charge in [-0.25, -0.2) is 12.7 Å². The van der Waals surface area contributed by atoms with Crippen LogP contribution in [-0.4, -0.2) is 53.3 Å². The molecule has 1 heterocycles. The lowest BCUT2D eigenvalue weighted by Crippen LogP contribution is -2.22. The fraction of sp³-hybridized carbons (Fsp3) is 0.300. The standard InChI is InChI=1S/C10H13N5O2S2/c1-14(2)19(16,17)9-6-4-8(5-7-9)15-10(18-3)11-12-13-15/h4-7H,1-3H3. The summed E-state index contributed by atoms with van der Waals surface area (Å²) in [4.78, 5) is 0.236. The smallest absolute Gasteiger partial charge is 0.207 e. The first kappa shape index (κ1) is 14.0. The van der Waals surface area contributed by atoms with E-state index in [0.717, 1.165) is 0 Å². The molecule has 2 rings (SSSR count). The fourth-order valence-corrected chi connectivity index (χ4v) is 2.77. The molecule has 0 aliphatic carbocycles. The second-order valence-electron chi connectivity index (χ2n) is 3.86. The molecule has 0 radical (unpaired) electrons. The van der Waals surface area contributed by atoms with Crippen LogP contribution in [0.4, 0.5) is 0 Å². The van der Waals surface area contributed by atoms with E-state index in [4.69, 9.17) is 0 Å². The van der Waals surface area contributed by atoms with Crippen molar-refractivity contribution in [1.82, 2.24) is 24.5 Å². The highest BCUT2D eigenvalue weighted by Gasteiger charge is 2.17. The van der Waals surface area contributed by atoms with Gasteiger partial charge < -0.3 is 0 Å². The van der Waals surface area contributed by atoms with Crippen molar-refractivity contribution >= 4 is 21.8 Å². The summed E-state index contributed by atoms with van der Waals surface area (Å²) < 4.78 is 26.6. The van der Waals surface area contributed by atoms with Crippen LogP contribution in [-0.2, 0) is 10.0 Å². The molecule has 0 aliphatic rings. The predicted octanol–water partition coefficient (Wildman–Crippen LogP) is 0.634. The van der Waals surface area contributed by atoms with Crippen LogP contribution in [0.1, 0.15) is 0 Å². The molecule has 0 saturated heterocycles. The zero-order valence-corrected chi connectivity index (χ0v) is 12.3. The van der Waals surface area contributed by atoms with E-state index in [1.807, 2.05) is 6.26 Å². The highest BCUT2D eigenvalue weighted by atomic mass is 32.2. The van der Waals surface area contributed by atoms with Gasteiger partial charge in [-0.05, 0) is 40.9 Å². The number of nitrogens with zero attached hydrogens (tertiary/aromatic N) is 5. The summed E-state index contributed by atoms with van der Waals surface area (Å²) in [7, 11) is -0.418. The van der Waals surface area contributed by atoms with Crippen LogP contribution >= 0.6 is 11.8 Å². The Morgan fingerprint density at radius 3 is 2.37 bits per heavy atom. The molecule has 0 fully saturated rings. The number of rotatable bonds is 4. The van der Waals surface area contributed by atoms with Crippen molar-refractivity contribution in [3.05, 3.63) is 24.3 Å². The van der Waals surface area contributed by atoms with E-state index < -0.39 is 10.0 Å². The van der Waals surface area contributed by atoms with Gasteiger partial charge in [0.25, 0.3) is 0 Å². The third-order valence-corrected chi connectivity index (χ3v) is 4.93. The summed E-state index contributed by atoms with van der Waals surface area (Å²) in [5.74, 6) is 0. The molecule has 0 saturated carbocycles. The van der Waals surface area contributed by atoms with E-state index in [-0.39, 0.29) is 4.90 Å². The molecular weight excluding hydrogens is 286 g/mol. The largest absolute Gasteiger partial charge is 0.242 e. The van der Waals surface area contributed by atoms with Gasteiger partial charge >= 0.3 is 0 Å². The van der Waals surface area contributed by atoms with E-state index in [2.05, 4.69) is 15.5 Å². The van der Waals surface area contributed by atoms with Crippen molar-refractivity contribution in [2.24, 2.45) is 0 Å². The van der Waals surface area contributed by atoms with Gasteiger partial charge in [-0.15, -0.1) is 5.10 Å². The van der Waals surface area contributed by atoms with Crippen LogP contribution in [0.3, 0.4) is 0 Å². The van der Waals surface area contributed by atoms with Crippen LogP contribution < -0.4 is 0 Å². The highest BCUT2D eigenvalue weighted by Crippen LogP contribution is 2.18. The van der Waals surface area contributed by atoms with Gasteiger partial charge in [0.05, 0.1) is 10.6 Å². The molecule has 1 aromatic heterocycles. The van der Waals surface area contributed by atoms with Crippen LogP contribution in [0.15, 0.2) is 34.3 Å². The predicted molar refractivity (Wildman–Crippen MR) is 71.8 cm³/mol. The molecule has 2 aromatic rings. The first-order valence-corrected chi connectivity index (χ1v) is 7.98. The van der Waals surface area contributed by atoms with Crippen molar-refractivity contribution in [3.8, 4) is 5.69 Å². The lowest BCUT2D eigenvalue weighted by Gasteiger charge is -2.11. The molecule has 0 bridgehead atoms. The average molecular weight is 299 g/mol. The highest BCUT2D eigenvalue weighted by molar-refractivity contribution is 7.98. The Morgan fingerprint density at radius 2 is 1.84 bits per heavy atom. The third-order valence-electron chi connectivity index (χ3n) is 2.48. The Hall–Kier alpha value is -1.45. The zero-order valence-electron chi connectivity index (χ0n) is 10.7. The van der Waals surface area contributed by atoms with Gasteiger partial charge in [-0.2, -0.15) is 4.68 Å². The lowest BCUT2D eigenvalue weighted by molar-refractivity contribution is 0.520. The molecule has 7 nitrogen and oxygen atoms in total. The number of sulfonamides is 1. The van der Waals surface area contributed by atoms with Gasteiger partial charge in [0.2, 0.25) is 15.2 Å². The molecule has 0 spiro atoms. The van der Waals surface area contributed by atoms with Gasteiger partial charge in [-0.1, -0.05) is 11.8 Å². The molecule has 0 atom stereocenters. The number of thioether (sulfide) groups is 1. The van der Waals surface area contributed by atoms with Gasteiger partial charge in [0.1, 0.15) is 0 Å². The molecule has 1 aromatic carbocycles. The number of hydrogen-bond acceptors (Lipinski definition) is 6. The minimum Gasteiger partial charge on any atom is -0.207 e. The molecule has 9 heteroatoms. The van der Waals surface area contributed by atoms with Gasteiger partial charge in [0, 0.05) is 14.1 Å². The molecule has 19 heavy (non-hydrogen) atoms. The lowest BCUT2D eigenvalue weighted by atomic mass is 10.3. The maximum absolute atomic E-state index is 11.9. The summed E-state index contributed by atoms with van der Waals surface area (Å²) in [6, 6.07) is 6.42. The minimum absolute atomic E-state index is 0.236. The van der Waals surface area contributed by atoms with E-state index in [9.17, 15) is 8.42 Å². The van der Waals surface area contributed by atoms with E-state index >= 15 is 0 Å². The first-order valence-electron chi connectivity index (χ1n) is 5.32. The summed E-state index contributed by atoms with van der Waals surface area (Å²) >= 11 is 1.41. The second kappa shape index (κ2) is 5.27. The Kier molecular flexibility index (Phi) is 3.88. The Labute approximate surface area is 115 Å². The number of hydrogen-bond donors (Lipinski definition) is 0. The van der Waals surface area contributed by atoms with Crippen molar-refractivity contribution in [1.29, 1.82) is 0 Å². The van der Waals surface area contributed by atoms with E-state index in [1.165, 1.54) is 42.3 Å². The van der Waals surface area contributed by atoms with Crippen LogP contribution in [0.2, 0.25) is 0 Å². The maximum Gasteiger partial charge on any atom is 0.242 e. The van der Waals surface area contributed by atoms with Crippen LogP contribution in [0, 0.1) is 0 Å². The maximum atomic E-state index is 11.9. The third kappa shape index (κ3) is 2.62. The molecule has 0 N–H and O–H groups in total. The Morgan fingerprint density at radius 1 is 1.21 bits per heavy atom. The SMILES string of the molecule is CSc1nnnn1-c1ccc(S(=O)(=O)N(C)C)cc1. The summed E-state index contributed by atoms with van der Waals surface area (Å²) in [6.07, 6.45) is 1.87. The molecule has 102 valence electrons. The fourth-order valence-electron chi connectivity index (χ4n) is 1.44. The number of aromatic nitrogens is 4. The Bertz CT molecular complexity index is 663. The quantitative estimate of drug-likeness (QED) is 0.770. The molecule has 0 unspecified atom stereocenters. The molecular formula is C10H13N5O2S2. The topological polar surface area (TPSA) is 81.0 Å². The van der Waals surface area contributed by atoms with Crippen molar-refractivity contribution in [2.75, 3.05) is 20.4 Å². The normalized spacial score (nSPS) is 12.0. The summed E-state index contributed by atoms with van der Waals surface area (Å²) in [6.45, 7) is 0. The second-order valence-corrected chi connectivity index (χ2v) is 6.78. The van der Waals surface area contributed by atoms with Crippen molar-refractivity contribution in [3.63, 3.8) is 0 Å². The summed E-state index contributed by atoms with van der Waals surface area (Å²) in [5, 5.41) is 11.9. The number of tetrazole rings is 1. The van der Waals surface area contributed by atoms with E-state index in [1.54, 1.807) is 16.8 Å². The molecule has 0 amide bonds. The first-order chi connectivity index (χ1) is 8.96. The molecule has 0 aliphatic heterocycles. The number of benzene rings is 1. The summed E-state index contributed by atoms with van der Waals surface area (Å²) in [5.41, 5.74) is 0.715. The van der Waals surface area contributed by atoms with Crippen molar-refractivity contribution < 1.29 is 8.42 Å². The van der Waals surface area contributed by atoms with E-state index in [0.29, 0.717) is 10.8 Å². The minimum atomic E-state index is -3.41. The average Bonchev–Trinajstić information content (AvgIpc) is 2.87. The van der Waals surface area contributed by atoms with Crippen LogP contribution in [0.5, 0.6) is 0 Å². The monoisotopic (exact) mass is 299 g/mol. The van der Waals surface area contributed by atoms with Gasteiger partial charge in [-0.3, -0.25) is 0 Å². The van der Waals surface area contributed by atoms with Crippen molar-refractivity contribution in [2.45, 2.75) is 10.1 Å².